The lowest BCUT2D eigenvalue weighted by atomic mass is 10.0. The summed E-state index contributed by atoms with van der Waals surface area (Å²) in [4.78, 5) is 28.3. The minimum atomic E-state index is -0.515. The highest BCUT2D eigenvalue weighted by Gasteiger charge is 2.39. The van der Waals surface area contributed by atoms with Crippen LogP contribution < -0.4 is 5.32 Å². The van der Waals surface area contributed by atoms with Crippen molar-refractivity contribution in [2.45, 2.75) is 63.8 Å². The van der Waals surface area contributed by atoms with Gasteiger partial charge in [0.25, 0.3) is 0 Å². The first-order chi connectivity index (χ1) is 12.6. The number of nitrogens with one attached hydrogen (secondary N) is 1. The molecule has 0 aromatic rings. The topological polar surface area (TPSA) is 86.6 Å². The molecule has 2 heterocycles. The van der Waals surface area contributed by atoms with Crippen molar-refractivity contribution in [1.29, 1.82) is 0 Å². The number of rotatable bonds is 7. The molecule has 0 spiro atoms. The molecule has 8 heteroatoms. The highest BCUT2D eigenvalue weighted by atomic mass is 16.6. The Morgan fingerprint density at radius 1 is 1.30 bits per heavy atom. The number of carbonyl (C=O) groups is 2. The Balaban J connectivity index is 1.74. The van der Waals surface area contributed by atoms with Crippen LogP contribution in [0.3, 0.4) is 0 Å². The molecule has 1 atom stereocenters. The van der Waals surface area contributed by atoms with Crippen LogP contribution in [0.2, 0.25) is 0 Å². The first kappa shape index (κ1) is 21.2. The maximum absolute atomic E-state index is 12.3. The van der Waals surface area contributed by atoms with Crippen molar-refractivity contribution >= 4 is 12.0 Å². The van der Waals surface area contributed by atoms with E-state index >= 15 is 0 Å². The van der Waals surface area contributed by atoms with Crippen molar-refractivity contribution in [3.8, 4) is 12.3 Å². The lowest BCUT2D eigenvalue weighted by molar-refractivity contribution is -0.121. The Bertz CT molecular complexity index is 614. The molecule has 150 valence electrons. The molecule has 2 rings (SSSR count). The minimum absolute atomic E-state index is 0.0322. The van der Waals surface area contributed by atoms with Crippen molar-refractivity contribution in [3.05, 3.63) is 0 Å². The first-order valence-corrected chi connectivity index (χ1v) is 9.46. The second-order valence-corrected chi connectivity index (χ2v) is 8.25. The molecular formula is C19H31N5O3. The number of hydrogen-bond acceptors (Lipinski definition) is 6. The zero-order valence-electron chi connectivity index (χ0n) is 16.8. The smallest absolute Gasteiger partial charge is 0.410 e. The number of amides is 2. The van der Waals surface area contributed by atoms with Crippen LogP contribution in [0, 0.1) is 12.3 Å². The van der Waals surface area contributed by atoms with Gasteiger partial charge in [-0.1, -0.05) is 0 Å². The van der Waals surface area contributed by atoms with Gasteiger partial charge in [-0.25, -0.2) is 4.79 Å². The van der Waals surface area contributed by atoms with Crippen LogP contribution in [0.25, 0.3) is 0 Å². The monoisotopic (exact) mass is 377 g/mol. The van der Waals surface area contributed by atoms with Crippen LogP contribution in [0.4, 0.5) is 4.79 Å². The standard InChI is InChI=1S/C19H31N5O3/c1-6-7-9-19(21-22-19)10-8-16(25)20-13-15-14-24(12-11-23(15)5)17(26)27-18(2,3)4/h1,15H,7-14H2,2-5H3,(H,20,25). The summed E-state index contributed by atoms with van der Waals surface area (Å²) in [6, 6.07) is 0.0564. The zero-order chi connectivity index (χ0) is 20.1. The zero-order valence-corrected chi connectivity index (χ0v) is 16.8. The molecule has 2 aliphatic rings. The number of hydrogen-bond donors (Lipinski definition) is 1. The van der Waals surface area contributed by atoms with E-state index in [1.165, 1.54) is 0 Å². The predicted octanol–water partition coefficient (Wildman–Crippen LogP) is 2.01. The third-order valence-corrected chi connectivity index (χ3v) is 4.77. The first-order valence-electron chi connectivity index (χ1n) is 9.46. The average Bonchev–Trinajstić information content (AvgIpc) is 3.36. The highest BCUT2D eigenvalue weighted by molar-refractivity contribution is 5.76. The Morgan fingerprint density at radius 3 is 2.59 bits per heavy atom. The van der Waals surface area contributed by atoms with Crippen LogP contribution in [0.15, 0.2) is 10.2 Å². The molecule has 0 bridgehead atoms. The molecular weight excluding hydrogens is 346 g/mol. The van der Waals surface area contributed by atoms with Gasteiger partial charge >= 0.3 is 6.09 Å². The summed E-state index contributed by atoms with van der Waals surface area (Å²) in [5.41, 5.74) is -0.947. The number of carbonyl (C=O) groups excluding carboxylic acids is 2. The van der Waals surface area contributed by atoms with Gasteiger partial charge in [0, 0.05) is 57.9 Å². The number of nitrogens with zero attached hydrogens (tertiary/aromatic N) is 4. The Hall–Kier alpha value is -2.14. The molecule has 0 radical (unpaired) electrons. The lowest BCUT2D eigenvalue weighted by Crippen LogP contribution is -2.57. The van der Waals surface area contributed by atoms with Crippen LogP contribution >= 0.6 is 0 Å². The minimum Gasteiger partial charge on any atom is -0.444 e. The molecule has 27 heavy (non-hydrogen) atoms. The van der Waals surface area contributed by atoms with E-state index in [1.54, 1.807) is 4.90 Å². The number of terminal acetylenes is 1. The van der Waals surface area contributed by atoms with Crippen LogP contribution in [-0.2, 0) is 9.53 Å². The van der Waals surface area contributed by atoms with E-state index in [2.05, 4.69) is 26.4 Å². The molecule has 8 nitrogen and oxygen atoms in total. The number of ether oxygens (including phenoxy) is 1. The number of likely N-dealkylation sites (N-methyl/N-ethyl adjacent to an activating group) is 1. The SMILES string of the molecule is C#CCCC1(CCC(=O)NCC2CN(C(=O)OC(C)(C)C)CCN2C)N=N1. The molecule has 0 saturated carbocycles. The van der Waals surface area contributed by atoms with Crippen molar-refractivity contribution in [1.82, 2.24) is 15.1 Å². The van der Waals surface area contributed by atoms with Crippen LogP contribution in [0.5, 0.6) is 0 Å². The van der Waals surface area contributed by atoms with E-state index in [0.29, 0.717) is 45.3 Å². The number of piperazine rings is 1. The Kier molecular flexibility index (Phi) is 6.82. The summed E-state index contributed by atoms with van der Waals surface area (Å²) >= 11 is 0. The summed E-state index contributed by atoms with van der Waals surface area (Å²) in [5.74, 6) is 2.55. The summed E-state index contributed by atoms with van der Waals surface area (Å²) in [6.45, 7) is 7.94. The van der Waals surface area contributed by atoms with Crippen molar-refractivity contribution in [2.75, 3.05) is 33.2 Å². The van der Waals surface area contributed by atoms with E-state index in [9.17, 15) is 9.59 Å². The Labute approximate surface area is 161 Å². The van der Waals surface area contributed by atoms with E-state index < -0.39 is 11.3 Å². The molecule has 0 aromatic carbocycles. The van der Waals surface area contributed by atoms with Gasteiger partial charge in [-0.15, -0.1) is 12.3 Å². The average molecular weight is 377 g/mol. The summed E-state index contributed by atoms with van der Waals surface area (Å²) in [5, 5.41) is 11.1. The van der Waals surface area contributed by atoms with Crippen LogP contribution in [-0.4, -0.2) is 72.3 Å². The third kappa shape index (κ3) is 6.83. The van der Waals surface area contributed by atoms with E-state index in [1.807, 2.05) is 27.8 Å². The van der Waals surface area contributed by atoms with Gasteiger partial charge in [-0.05, 0) is 27.8 Å². The summed E-state index contributed by atoms with van der Waals surface area (Å²) < 4.78 is 5.45. The molecule has 2 amide bonds. The molecule has 0 aromatic heterocycles. The maximum atomic E-state index is 12.3. The van der Waals surface area contributed by atoms with Gasteiger partial charge in [0.2, 0.25) is 5.91 Å². The predicted molar refractivity (Wildman–Crippen MR) is 102 cm³/mol. The molecule has 2 aliphatic heterocycles. The quantitative estimate of drug-likeness (QED) is 0.688. The highest BCUT2D eigenvalue weighted by Crippen LogP contribution is 2.37. The van der Waals surface area contributed by atoms with Crippen molar-refractivity contribution in [2.24, 2.45) is 10.2 Å². The fraction of sp³-hybridized carbons (Fsp3) is 0.789. The van der Waals surface area contributed by atoms with Crippen molar-refractivity contribution in [3.63, 3.8) is 0 Å². The fourth-order valence-corrected chi connectivity index (χ4v) is 2.96. The Morgan fingerprint density at radius 2 is 2.00 bits per heavy atom. The van der Waals surface area contributed by atoms with E-state index in [4.69, 9.17) is 11.2 Å². The van der Waals surface area contributed by atoms with Crippen molar-refractivity contribution < 1.29 is 14.3 Å². The second kappa shape index (κ2) is 8.70. The van der Waals surface area contributed by atoms with Crippen LogP contribution in [0.1, 0.15) is 46.5 Å². The summed E-state index contributed by atoms with van der Waals surface area (Å²) in [7, 11) is 2.00. The van der Waals surface area contributed by atoms with Gasteiger partial charge in [-0.2, -0.15) is 10.2 Å². The largest absolute Gasteiger partial charge is 0.444 e. The maximum Gasteiger partial charge on any atom is 0.410 e. The third-order valence-electron chi connectivity index (χ3n) is 4.77. The van der Waals surface area contributed by atoms with E-state index in [0.717, 1.165) is 6.54 Å². The molecule has 1 unspecified atom stereocenters. The fourth-order valence-electron chi connectivity index (χ4n) is 2.96. The van der Waals surface area contributed by atoms with Gasteiger partial charge in [0.15, 0.2) is 5.66 Å². The normalized spacial score (nSPS) is 21.4. The van der Waals surface area contributed by atoms with Gasteiger partial charge in [0.1, 0.15) is 5.60 Å². The second-order valence-electron chi connectivity index (χ2n) is 8.25. The molecule has 1 fully saturated rings. The molecule has 1 N–H and O–H groups in total. The van der Waals surface area contributed by atoms with Gasteiger partial charge < -0.3 is 15.0 Å². The van der Waals surface area contributed by atoms with E-state index in [-0.39, 0.29) is 18.0 Å². The van der Waals surface area contributed by atoms with Gasteiger partial charge in [-0.3, -0.25) is 9.69 Å². The lowest BCUT2D eigenvalue weighted by Gasteiger charge is -2.39. The summed E-state index contributed by atoms with van der Waals surface area (Å²) in [6.07, 6.45) is 7.24. The molecule has 0 aliphatic carbocycles. The molecule has 1 saturated heterocycles. The van der Waals surface area contributed by atoms with Gasteiger partial charge in [0.05, 0.1) is 0 Å².